The highest BCUT2D eigenvalue weighted by Gasteiger charge is 2.26. The lowest BCUT2D eigenvalue weighted by molar-refractivity contribution is 0.0311. The molecule has 0 bridgehead atoms. The SMILES string of the molecule is CC(C)CC1Oc2ccc(S(N)(=O)=O)cc2O1. The van der Waals surface area contributed by atoms with Crippen LogP contribution in [0, 0.1) is 5.92 Å². The number of primary sulfonamides is 1. The molecule has 1 unspecified atom stereocenters. The Morgan fingerprint density at radius 2 is 1.94 bits per heavy atom. The molecule has 1 aromatic carbocycles. The van der Waals surface area contributed by atoms with E-state index in [0.717, 1.165) is 6.42 Å². The summed E-state index contributed by atoms with van der Waals surface area (Å²) in [6, 6.07) is 4.37. The van der Waals surface area contributed by atoms with Crippen molar-refractivity contribution in [1.82, 2.24) is 0 Å². The molecule has 1 aliphatic rings. The molecule has 1 aliphatic heterocycles. The summed E-state index contributed by atoms with van der Waals surface area (Å²) < 4.78 is 33.4. The Labute approximate surface area is 101 Å². The van der Waals surface area contributed by atoms with Gasteiger partial charge in [0.1, 0.15) is 0 Å². The third kappa shape index (κ3) is 2.70. The van der Waals surface area contributed by atoms with Crippen LogP contribution in [-0.4, -0.2) is 14.7 Å². The van der Waals surface area contributed by atoms with Crippen molar-refractivity contribution in [2.24, 2.45) is 11.1 Å². The number of rotatable bonds is 3. The summed E-state index contributed by atoms with van der Waals surface area (Å²) in [5, 5.41) is 5.04. The summed E-state index contributed by atoms with van der Waals surface area (Å²) in [5.41, 5.74) is 0. The van der Waals surface area contributed by atoms with Gasteiger partial charge in [-0.3, -0.25) is 0 Å². The summed E-state index contributed by atoms with van der Waals surface area (Å²) in [7, 11) is -3.70. The van der Waals surface area contributed by atoms with Crippen LogP contribution in [0.1, 0.15) is 20.3 Å². The molecule has 2 rings (SSSR count). The molecule has 0 aliphatic carbocycles. The van der Waals surface area contributed by atoms with Crippen molar-refractivity contribution >= 4 is 10.0 Å². The molecular formula is C11H15NO4S. The molecule has 1 heterocycles. The Morgan fingerprint density at radius 3 is 2.53 bits per heavy atom. The second kappa shape index (κ2) is 4.19. The van der Waals surface area contributed by atoms with Crippen LogP contribution in [0.25, 0.3) is 0 Å². The predicted octanol–water partition coefficient (Wildman–Crippen LogP) is 1.48. The van der Waals surface area contributed by atoms with Crippen LogP contribution in [0.5, 0.6) is 11.5 Å². The number of benzene rings is 1. The molecule has 0 radical (unpaired) electrons. The van der Waals surface area contributed by atoms with Gasteiger partial charge in [0, 0.05) is 12.5 Å². The Kier molecular flexibility index (Phi) is 3.01. The van der Waals surface area contributed by atoms with Crippen LogP contribution in [0.15, 0.2) is 23.1 Å². The van der Waals surface area contributed by atoms with Gasteiger partial charge >= 0.3 is 0 Å². The molecule has 6 heteroatoms. The molecule has 0 amide bonds. The average Bonchev–Trinajstić information content (AvgIpc) is 2.55. The van der Waals surface area contributed by atoms with Gasteiger partial charge in [-0.1, -0.05) is 13.8 Å². The minimum atomic E-state index is -3.70. The Bertz CT molecular complexity index is 524. The zero-order valence-electron chi connectivity index (χ0n) is 9.71. The summed E-state index contributed by atoms with van der Waals surface area (Å²) in [5.74, 6) is 1.43. The zero-order valence-corrected chi connectivity index (χ0v) is 10.5. The monoisotopic (exact) mass is 257 g/mol. The van der Waals surface area contributed by atoms with Crippen molar-refractivity contribution in [2.75, 3.05) is 0 Å². The van der Waals surface area contributed by atoms with Crippen molar-refractivity contribution in [3.8, 4) is 11.5 Å². The fraction of sp³-hybridized carbons (Fsp3) is 0.455. The van der Waals surface area contributed by atoms with Crippen molar-refractivity contribution in [2.45, 2.75) is 31.5 Å². The molecule has 1 atom stereocenters. The van der Waals surface area contributed by atoms with Gasteiger partial charge in [0.25, 0.3) is 0 Å². The first-order chi connectivity index (χ1) is 7.86. The third-order valence-corrected chi connectivity index (χ3v) is 3.34. The maximum Gasteiger partial charge on any atom is 0.241 e. The lowest BCUT2D eigenvalue weighted by Crippen LogP contribution is -2.19. The lowest BCUT2D eigenvalue weighted by Gasteiger charge is -2.11. The second-order valence-corrected chi connectivity index (χ2v) is 6.01. The molecule has 17 heavy (non-hydrogen) atoms. The smallest absolute Gasteiger partial charge is 0.241 e. The zero-order chi connectivity index (χ0) is 12.6. The molecule has 0 aromatic heterocycles. The van der Waals surface area contributed by atoms with Crippen molar-refractivity contribution < 1.29 is 17.9 Å². The van der Waals surface area contributed by atoms with Crippen molar-refractivity contribution in [3.05, 3.63) is 18.2 Å². The topological polar surface area (TPSA) is 78.6 Å². The van der Waals surface area contributed by atoms with E-state index in [0.29, 0.717) is 17.4 Å². The average molecular weight is 257 g/mol. The van der Waals surface area contributed by atoms with Gasteiger partial charge in [-0.15, -0.1) is 0 Å². The Balaban J connectivity index is 2.22. The summed E-state index contributed by atoms with van der Waals surface area (Å²) in [4.78, 5) is 0.0325. The van der Waals surface area contributed by atoms with E-state index < -0.39 is 10.0 Å². The predicted molar refractivity (Wildman–Crippen MR) is 62.3 cm³/mol. The first kappa shape index (κ1) is 12.2. The van der Waals surface area contributed by atoms with Gasteiger partial charge in [0.2, 0.25) is 16.3 Å². The summed E-state index contributed by atoms with van der Waals surface area (Å²) in [6.07, 6.45) is 0.403. The quantitative estimate of drug-likeness (QED) is 0.889. The minimum Gasteiger partial charge on any atom is -0.451 e. The number of fused-ring (bicyclic) bond motifs is 1. The van der Waals surface area contributed by atoms with Gasteiger partial charge in [-0.25, -0.2) is 13.6 Å². The highest BCUT2D eigenvalue weighted by atomic mass is 32.2. The number of hydrogen-bond donors (Lipinski definition) is 1. The molecular weight excluding hydrogens is 242 g/mol. The van der Waals surface area contributed by atoms with Crippen LogP contribution >= 0.6 is 0 Å². The van der Waals surface area contributed by atoms with E-state index in [1.165, 1.54) is 12.1 Å². The number of nitrogens with two attached hydrogens (primary N) is 1. The largest absolute Gasteiger partial charge is 0.451 e. The molecule has 0 saturated carbocycles. The maximum absolute atomic E-state index is 11.2. The highest BCUT2D eigenvalue weighted by Crippen LogP contribution is 2.37. The summed E-state index contributed by atoms with van der Waals surface area (Å²) in [6.45, 7) is 4.12. The lowest BCUT2D eigenvalue weighted by atomic mass is 10.1. The van der Waals surface area contributed by atoms with Crippen molar-refractivity contribution in [1.29, 1.82) is 0 Å². The molecule has 2 N–H and O–H groups in total. The Hall–Kier alpha value is -1.27. The van der Waals surface area contributed by atoms with Gasteiger partial charge in [0.05, 0.1) is 4.90 Å². The first-order valence-electron chi connectivity index (χ1n) is 5.36. The third-order valence-electron chi connectivity index (χ3n) is 2.42. The van der Waals surface area contributed by atoms with Crippen molar-refractivity contribution in [3.63, 3.8) is 0 Å². The summed E-state index contributed by atoms with van der Waals surface area (Å²) >= 11 is 0. The number of ether oxygens (including phenoxy) is 2. The fourth-order valence-corrected chi connectivity index (χ4v) is 2.17. The van der Waals surface area contributed by atoms with Gasteiger partial charge in [-0.05, 0) is 18.1 Å². The molecule has 1 aromatic rings. The maximum atomic E-state index is 11.2. The molecule has 0 spiro atoms. The molecule has 5 nitrogen and oxygen atoms in total. The highest BCUT2D eigenvalue weighted by molar-refractivity contribution is 7.89. The normalized spacial score (nSPS) is 18.7. The Morgan fingerprint density at radius 1 is 1.29 bits per heavy atom. The van der Waals surface area contributed by atoms with Crippen LogP contribution in [0.4, 0.5) is 0 Å². The molecule has 0 saturated heterocycles. The van der Waals surface area contributed by atoms with E-state index in [1.807, 2.05) is 0 Å². The first-order valence-corrected chi connectivity index (χ1v) is 6.91. The van der Waals surface area contributed by atoms with Crippen LogP contribution in [0.2, 0.25) is 0 Å². The fourth-order valence-electron chi connectivity index (χ4n) is 1.64. The van der Waals surface area contributed by atoms with E-state index in [1.54, 1.807) is 6.07 Å². The van der Waals surface area contributed by atoms with E-state index in [4.69, 9.17) is 14.6 Å². The van der Waals surface area contributed by atoms with Gasteiger partial charge in [-0.2, -0.15) is 0 Å². The van der Waals surface area contributed by atoms with Crippen LogP contribution in [-0.2, 0) is 10.0 Å². The van der Waals surface area contributed by atoms with Crippen LogP contribution in [0.3, 0.4) is 0 Å². The van der Waals surface area contributed by atoms with E-state index >= 15 is 0 Å². The van der Waals surface area contributed by atoms with E-state index in [9.17, 15) is 8.42 Å². The minimum absolute atomic E-state index is 0.0325. The standard InChI is InChI=1S/C11H15NO4S/c1-7(2)5-11-15-9-4-3-8(17(12,13)14)6-10(9)16-11/h3-4,6-7,11H,5H2,1-2H3,(H2,12,13,14). The van der Waals surface area contributed by atoms with Gasteiger partial charge < -0.3 is 9.47 Å². The van der Waals surface area contributed by atoms with Crippen LogP contribution < -0.4 is 14.6 Å². The van der Waals surface area contributed by atoms with E-state index in [-0.39, 0.29) is 11.2 Å². The molecule has 0 fully saturated rings. The second-order valence-electron chi connectivity index (χ2n) is 4.45. The molecule has 94 valence electrons. The van der Waals surface area contributed by atoms with E-state index in [2.05, 4.69) is 13.8 Å². The van der Waals surface area contributed by atoms with Gasteiger partial charge in [0.15, 0.2) is 11.5 Å². The number of hydrogen-bond acceptors (Lipinski definition) is 4. The number of sulfonamides is 1.